The van der Waals surface area contributed by atoms with Crippen LogP contribution in [0.1, 0.15) is 26.2 Å². The van der Waals surface area contributed by atoms with E-state index in [0.717, 1.165) is 19.4 Å². The third-order valence-corrected chi connectivity index (χ3v) is 2.08. The van der Waals surface area contributed by atoms with E-state index in [9.17, 15) is 0 Å². The molecule has 0 aromatic rings. The van der Waals surface area contributed by atoms with E-state index in [-0.39, 0.29) is 0 Å². The van der Waals surface area contributed by atoms with E-state index in [1.54, 1.807) is 0 Å². The lowest BCUT2D eigenvalue weighted by Gasteiger charge is -1.99. The van der Waals surface area contributed by atoms with Gasteiger partial charge in [-0.05, 0) is 50.0 Å². The molecule has 0 saturated carbocycles. The SMILES string of the molecule is CC1=C=CC=C(CCCCN)C=C1. The number of allylic oxidation sites excluding steroid dienone is 5. The van der Waals surface area contributed by atoms with Crippen molar-refractivity contribution in [2.75, 3.05) is 6.54 Å². The second-order valence-electron chi connectivity index (χ2n) is 3.31. The van der Waals surface area contributed by atoms with Gasteiger partial charge >= 0.3 is 0 Å². The second-order valence-corrected chi connectivity index (χ2v) is 3.31. The van der Waals surface area contributed by atoms with Crippen LogP contribution in [0.3, 0.4) is 0 Å². The van der Waals surface area contributed by atoms with Gasteiger partial charge in [-0.2, -0.15) is 0 Å². The molecule has 0 spiro atoms. The minimum absolute atomic E-state index is 0.796. The van der Waals surface area contributed by atoms with Crippen LogP contribution in [-0.2, 0) is 0 Å². The van der Waals surface area contributed by atoms with E-state index in [2.05, 4.69) is 30.9 Å². The van der Waals surface area contributed by atoms with Crippen LogP contribution >= 0.6 is 0 Å². The fraction of sp³-hybridized carbons (Fsp3) is 0.417. The van der Waals surface area contributed by atoms with Crippen molar-refractivity contribution in [3.63, 3.8) is 0 Å². The molecule has 0 heterocycles. The van der Waals surface area contributed by atoms with Crippen LogP contribution in [-0.4, -0.2) is 6.54 Å². The number of rotatable bonds is 4. The van der Waals surface area contributed by atoms with Crippen LogP contribution in [0.5, 0.6) is 0 Å². The summed E-state index contributed by atoms with van der Waals surface area (Å²) in [4.78, 5) is 0. The second kappa shape index (κ2) is 5.58. The summed E-state index contributed by atoms with van der Waals surface area (Å²) in [6, 6.07) is 0. The smallest absolute Gasteiger partial charge is 0.00772 e. The molecule has 0 aromatic carbocycles. The van der Waals surface area contributed by atoms with E-state index in [4.69, 9.17) is 5.73 Å². The van der Waals surface area contributed by atoms with Crippen molar-refractivity contribution in [1.82, 2.24) is 0 Å². The predicted molar refractivity (Wildman–Crippen MR) is 57.4 cm³/mol. The van der Waals surface area contributed by atoms with Crippen molar-refractivity contribution in [3.05, 3.63) is 41.2 Å². The monoisotopic (exact) mass is 175 g/mol. The molecule has 1 rings (SSSR count). The molecule has 1 heteroatoms. The number of hydrogen-bond donors (Lipinski definition) is 1. The summed E-state index contributed by atoms with van der Waals surface area (Å²) >= 11 is 0. The molecule has 0 radical (unpaired) electrons. The molecule has 0 atom stereocenters. The van der Waals surface area contributed by atoms with Crippen molar-refractivity contribution < 1.29 is 0 Å². The molecule has 0 aromatic heterocycles. The first kappa shape index (κ1) is 10.0. The highest BCUT2D eigenvalue weighted by Gasteiger charge is 1.93. The Morgan fingerprint density at radius 1 is 1.31 bits per heavy atom. The highest BCUT2D eigenvalue weighted by atomic mass is 14.5. The summed E-state index contributed by atoms with van der Waals surface area (Å²) in [5.74, 6) is 0. The third-order valence-electron chi connectivity index (χ3n) is 2.08. The highest BCUT2D eigenvalue weighted by molar-refractivity contribution is 5.33. The normalized spacial score (nSPS) is 15.2. The van der Waals surface area contributed by atoms with Gasteiger partial charge in [-0.25, -0.2) is 0 Å². The number of nitrogens with two attached hydrogens (primary N) is 1. The molecule has 2 N–H and O–H groups in total. The Morgan fingerprint density at radius 3 is 2.92 bits per heavy atom. The molecule has 0 fully saturated rings. The van der Waals surface area contributed by atoms with Crippen LogP contribution in [0.4, 0.5) is 0 Å². The molecule has 0 aliphatic heterocycles. The zero-order valence-electron chi connectivity index (χ0n) is 8.22. The first-order valence-electron chi connectivity index (χ1n) is 4.83. The molecular formula is C12H17N. The summed E-state index contributed by atoms with van der Waals surface area (Å²) in [6.07, 6.45) is 11.8. The lowest BCUT2D eigenvalue weighted by atomic mass is 10.1. The molecule has 0 unspecified atom stereocenters. The number of unbranched alkanes of at least 4 members (excludes halogenated alkanes) is 1. The van der Waals surface area contributed by atoms with Gasteiger partial charge in [-0.15, -0.1) is 5.73 Å². The fourth-order valence-electron chi connectivity index (χ4n) is 1.26. The Labute approximate surface area is 80.3 Å². The van der Waals surface area contributed by atoms with Gasteiger partial charge in [0.2, 0.25) is 0 Å². The minimum atomic E-state index is 0.796. The van der Waals surface area contributed by atoms with Gasteiger partial charge in [0, 0.05) is 0 Å². The fourth-order valence-corrected chi connectivity index (χ4v) is 1.26. The molecule has 0 saturated heterocycles. The molecular weight excluding hydrogens is 158 g/mol. The lowest BCUT2D eigenvalue weighted by molar-refractivity contribution is 0.747. The van der Waals surface area contributed by atoms with E-state index in [1.807, 2.05) is 6.08 Å². The van der Waals surface area contributed by atoms with Crippen LogP contribution in [0, 0.1) is 0 Å². The first-order valence-corrected chi connectivity index (χ1v) is 4.83. The van der Waals surface area contributed by atoms with Gasteiger partial charge < -0.3 is 5.73 Å². The molecule has 1 aliphatic rings. The summed E-state index contributed by atoms with van der Waals surface area (Å²) in [5, 5.41) is 0. The van der Waals surface area contributed by atoms with E-state index in [0.29, 0.717) is 0 Å². The molecule has 0 bridgehead atoms. The van der Waals surface area contributed by atoms with Crippen LogP contribution in [0.15, 0.2) is 41.2 Å². The Morgan fingerprint density at radius 2 is 2.15 bits per heavy atom. The zero-order chi connectivity index (χ0) is 9.52. The molecule has 1 aliphatic carbocycles. The Balaban J connectivity index is 2.42. The van der Waals surface area contributed by atoms with Gasteiger partial charge in [0.1, 0.15) is 0 Å². The van der Waals surface area contributed by atoms with Gasteiger partial charge in [0.15, 0.2) is 0 Å². The first-order chi connectivity index (χ1) is 6.33. The maximum absolute atomic E-state index is 5.44. The van der Waals surface area contributed by atoms with Crippen molar-refractivity contribution in [2.45, 2.75) is 26.2 Å². The lowest BCUT2D eigenvalue weighted by Crippen LogP contribution is -1.97. The highest BCUT2D eigenvalue weighted by Crippen LogP contribution is 2.12. The predicted octanol–water partition coefficient (Wildman–Crippen LogP) is 2.71. The summed E-state index contributed by atoms with van der Waals surface area (Å²) in [5.41, 5.74) is 11.2. The van der Waals surface area contributed by atoms with Crippen molar-refractivity contribution in [3.8, 4) is 0 Å². The van der Waals surface area contributed by atoms with Crippen molar-refractivity contribution >= 4 is 0 Å². The molecule has 70 valence electrons. The van der Waals surface area contributed by atoms with E-state index in [1.165, 1.54) is 17.6 Å². The van der Waals surface area contributed by atoms with Crippen molar-refractivity contribution in [2.24, 2.45) is 5.73 Å². The average molecular weight is 175 g/mol. The topological polar surface area (TPSA) is 26.0 Å². The van der Waals surface area contributed by atoms with E-state index >= 15 is 0 Å². The third kappa shape index (κ3) is 3.93. The standard InChI is InChI=1S/C12H17N/c1-11-5-4-7-12(9-8-11)6-2-3-10-13/h4,7-9H,2-3,6,10,13H2,1H3. The molecule has 1 nitrogen and oxygen atoms in total. The molecule has 13 heavy (non-hydrogen) atoms. The maximum Gasteiger partial charge on any atom is -0.00772 e. The van der Waals surface area contributed by atoms with Gasteiger partial charge in [0.05, 0.1) is 0 Å². The Bertz CT molecular complexity index is 275. The maximum atomic E-state index is 5.44. The van der Waals surface area contributed by atoms with Crippen LogP contribution in [0.25, 0.3) is 0 Å². The van der Waals surface area contributed by atoms with Crippen molar-refractivity contribution in [1.29, 1.82) is 0 Å². The minimum Gasteiger partial charge on any atom is -0.330 e. The Kier molecular flexibility index (Phi) is 4.31. The molecule has 0 amide bonds. The largest absolute Gasteiger partial charge is 0.330 e. The van der Waals surface area contributed by atoms with Gasteiger partial charge in [-0.1, -0.05) is 18.2 Å². The van der Waals surface area contributed by atoms with Gasteiger partial charge in [0.25, 0.3) is 0 Å². The summed E-state index contributed by atoms with van der Waals surface area (Å²) in [6.45, 7) is 2.85. The quantitative estimate of drug-likeness (QED) is 0.516. The number of hydrogen-bond acceptors (Lipinski definition) is 1. The van der Waals surface area contributed by atoms with Crippen LogP contribution in [0.2, 0.25) is 0 Å². The average Bonchev–Trinajstić information content (AvgIpc) is 2.32. The Hall–Kier alpha value is -1.04. The van der Waals surface area contributed by atoms with Crippen LogP contribution < -0.4 is 5.73 Å². The van der Waals surface area contributed by atoms with Gasteiger partial charge in [-0.3, -0.25) is 0 Å². The van der Waals surface area contributed by atoms with E-state index < -0.39 is 0 Å². The zero-order valence-corrected chi connectivity index (χ0v) is 8.22. The summed E-state index contributed by atoms with van der Waals surface area (Å²) in [7, 11) is 0. The summed E-state index contributed by atoms with van der Waals surface area (Å²) < 4.78 is 0.